The van der Waals surface area contributed by atoms with Crippen molar-refractivity contribution in [2.45, 2.75) is 17.4 Å². The highest BCUT2D eigenvalue weighted by atomic mass is 79.9. The van der Waals surface area contributed by atoms with Gasteiger partial charge in [0.15, 0.2) is 0 Å². The van der Waals surface area contributed by atoms with E-state index in [0.29, 0.717) is 18.0 Å². The Kier molecular flexibility index (Phi) is 4.86. The van der Waals surface area contributed by atoms with E-state index >= 15 is 0 Å². The highest BCUT2D eigenvalue weighted by Gasteiger charge is 2.33. The van der Waals surface area contributed by atoms with Gasteiger partial charge < -0.3 is 4.74 Å². The molecule has 1 atom stereocenters. The molecule has 2 heterocycles. The molecular weight excluding hydrogens is 406 g/mol. The van der Waals surface area contributed by atoms with Crippen LogP contribution < -0.4 is 4.74 Å². The molecule has 1 aromatic heterocycles. The summed E-state index contributed by atoms with van der Waals surface area (Å²) >= 11 is 9.01. The Balaban J connectivity index is 1.69. The number of hydrogen-bond donors (Lipinski definition) is 0. The summed E-state index contributed by atoms with van der Waals surface area (Å²) in [6.07, 6.45) is 3.19. The summed E-state index contributed by atoms with van der Waals surface area (Å²) in [5, 5.41) is 0.420. The van der Waals surface area contributed by atoms with Crippen molar-refractivity contribution < 1.29 is 13.2 Å². The number of halogens is 2. The molecule has 1 aliphatic rings. The molecule has 2 aromatic rings. The molecule has 23 heavy (non-hydrogen) atoms. The molecule has 0 radical (unpaired) electrons. The van der Waals surface area contributed by atoms with Crippen LogP contribution in [0, 0.1) is 0 Å². The fourth-order valence-corrected chi connectivity index (χ4v) is 4.13. The lowest BCUT2D eigenvalue weighted by Crippen LogP contribution is -2.31. The van der Waals surface area contributed by atoms with Gasteiger partial charge in [0.1, 0.15) is 6.10 Å². The van der Waals surface area contributed by atoms with Crippen molar-refractivity contribution in [2.75, 3.05) is 13.1 Å². The third kappa shape index (κ3) is 3.82. The molecule has 1 aliphatic heterocycles. The van der Waals surface area contributed by atoms with E-state index < -0.39 is 10.0 Å². The second kappa shape index (κ2) is 6.72. The normalized spacial score (nSPS) is 19.0. The van der Waals surface area contributed by atoms with Gasteiger partial charge in [-0.15, -0.1) is 0 Å². The third-order valence-corrected chi connectivity index (χ3v) is 6.03. The van der Waals surface area contributed by atoms with Gasteiger partial charge >= 0.3 is 6.01 Å². The summed E-state index contributed by atoms with van der Waals surface area (Å²) in [5.41, 5.74) is 0. The Morgan fingerprint density at radius 2 is 1.87 bits per heavy atom. The summed E-state index contributed by atoms with van der Waals surface area (Å²) in [6, 6.07) is 6.77. The van der Waals surface area contributed by atoms with Gasteiger partial charge in [-0.2, -0.15) is 4.31 Å². The molecule has 3 rings (SSSR count). The third-order valence-electron chi connectivity index (χ3n) is 3.43. The van der Waals surface area contributed by atoms with E-state index in [0.717, 1.165) is 4.47 Å². The maximum atomic E-state index is 12.6. The first kappa shape index (κ1) is 16.6. The first-order valence-electron chi connectivity index (χ1n) is 6.85. The fourth-order valence-electron chi connectivity index (χ4n) is 2.28. The zero-order valence-electron chi connectivity index (χ0n) is 11.9. The van der Waals surface area contributed by atoms with E-state index in [2.05, 4.69) is 25.9 Å². The molecule has 0 N–H and O–H groups in total. The van der Waals surface area contributed by atoms with Crippen molar-refractivity contribution in [3.8, 4) is 6.01 Å². The summed E-state index contributed by atoms with van der Waals surface area (Å²) < 4.78 is 33.1. The molecule has 9 heteroatoms. The molecule has 0 saturated carbocycles. The summed E-state index contributed by atoms with van der Waals surface area (Å²) in [6.45, 7) is 0.668. The lowest BCUT2D eigenvalue weighted by atomic mass is 10.3. The molecule has 0 amide bonds. The Hall–Kier alpha value is -1.22. The zero-order valence-corrected chi connectivity index (χ0v) is 15.1. The van der Waals surface area contributed by atoms with Gasteiger partial charge in [-0.1, -0.05) is 27.5 Å². The van der Waals surface area contributed by atoms with E-state index in [-0.39, 0.29) is 23.6 Å². The van der Waals surface area contributed by atoms with Gasteiger partial charge in [-0.05, 0) is 30.7 Å². The second-order valence-electron chi connectivity index (χ2n) is 5.03. The van der Waals surface area contributed by atoms with Crippen LogP contribution in [0.5, 0.6) is 6.01 Å². The second-order valence-corrected chi connectivity index (χ2v) is 8.32. The van der Waals surface area contributed by atoms with E-state index in [1.807, 2.05) is 0 Å². The lowest BCUT2D eigenvalue weighted by molar-refractivity contribution is 0.197. The number of benzene rings is 1. The molecular formula is C14H13BrClN3O3S. The number of ether oxygens (including phenoxy) is 1. The number of hydrogen-bond acceptors (Lipinski definition) is 5. The Morgan fingerprint density at radius 3 is 2.52 bits per heavy atom. The van der Waals surface area contributed by atoms with Crippen LogP contribution in [0.4, 0.5) is 0 Å². The monoisotopic (exact) mass is 417 g/mol. The number of nitrogens with zero attached hydrogens (tertiary/aromatic N) is 3. The maximum absolute atomic E-state index is 12.6. The zero-order chi connectivity index (χ0) is 16.4. The largest absolute Gasteiger partial charge is 0.459 e. The number of aromatic nitrogens is 2. The Labute approximate surface area is 147 Å². The van der Waals surface area contributed by atoms with Crippen molar-refractivity contribution >= 4 is 37.6 Å². The lowest BCUT2D eigenvalue weighted by Gasteiger charge is -2.16. The van der Waals surface area contributed by atoms with Gasteiger partial charge in [0, 0.05) is 11.0 Å². The standard InChI is InChI=1S/C14H13BrClN3O3S/c15-10-1-3-13(4-2-10)23(20,21)19-6-5-12(9-19)22-14-17-7-11(16)8-18-14/h1-4,7-8,12H,5-6,9H2/t12-/m1/s1. The van der Waals surface area contributed by atoms with E-state index in [9.17, 15) is 8.42 Å². The molecule has 6 nitrogen and oxygen atoms in total. The summed E-state index contributed by atoms with van der Waals surface area (Å²) in [5.74, 6) is 0. The quantitative estimate of drug-likeness (QED) is 0.763. The van der Waals surface area contributed by atoms with Crippen molar-refractivity contribution in [2.24, 2.45) is 0 Å². The molecule has 0 spiro atoms. The number of rotatable bonds is 4. The first-order chi connectivity index (χ1) is 10.9. The molecule has 1 saturated heterocycles. The summed E-state index contributed by atoms with van der Waals surface area (Å²) in [7, 11) is -3.52. The number of sulfonamides is 1. The molecule has 0 unspecified atom stereocenters. The van der Waals surface area contributed by atoms with Crippen LogP contribution in [0.25, 0.3) is 0 Å². The van der Waals surface area contributed by atoms with Crippen molar-refractivity contribution in [1.82, 2.24) is 14.3 Å². The predicted molar refractivity (Wildman–Crippen MR) is 89.0 cm³/mol. The Bertz CT molecular complexity index is 784. The molecule has 0 bridgehead atoms. The van der Waals surface area contributed by atoms with Crippen molar-refractivity contribution in [3.05, 3.63) is 46.2 Å². The van der Waals surface area contributed by atoms with Gasteiger partial charge in [-0.25, -0.2) is 18.4 Å². The van der Waals surface area contributed by atoms with Crippen LogP contribution in [0.2, 0.25) is 5.02 Å². The van der Waals surface area contributed by atoms with Crippen LogP contribution >= 0.6 is 27.5 Å². The van der Waals surface area contributed by atoms with Crippen LogP contribution in [-0.2, 0) is 10.0 Å². The Morgan fingerprint density at radius 1 is 1.22 bits per heavy atom. The van der Waals surface area contributed by atoms with Gasteiger partial charge in [0.2, 0.25) is 10.0 Å². The van der Waals surface area contributed by atoms with Crippen LogP contribution in [0.15, 0.2) is 46.0 Å². The maximum Gasteiger partial charge on any atom is 0.316 e. The summed E-state index contributed by atoms with van der Waals surface area (Å²) in [4.78, 5) is 8.18. The average molecular weight is 419 g/mol. The van der Waals surface area contributed by atoms with E-state index in [4.69, 9.17) is 16.3 Å². The predicted octanol–water partition coefficient (Wildman–Crippen LogP) is 2.73. The van der Waals surface area contributed by atoms with Crippen LogP contribution in [-0.4, -0.2) is 41.9 Å². The van der Waals surface area contributed by atoms with Crippen molar-refractivity contribution in [3.63, 3.8) is 0 Å². The molecule has 0 aliphatic carbocycles. The minimum absolute atomic E-state index is 0.197. The first-order valence-corrected chi connectivity index (χ1v) is 9.46. The molecule has 1 aromatic carbocycles. The van der Waals surface area contributed by atoms with Crippen LogP contribution in [0.1, 0.15) is 6.42 Å². The molecule has 122 valence electrons. The van der Waals surface area contributed by atoms with Gasteiger partial charge in [-0.3, -0.25) is 0 Å². The van der Waals surface area contributed by atoms with Crippen LogP contribution in [0.3, 0.4) is 0 Å². The van der Waals surface area contributed by atoms with Gasteiger partial charge in [0.05, 0.1) is 28.9 Å². The SMILES string of the molecule is O=S(=O)(c1ccc(Br)cc1)N1CC[C@@H](Oc2ncc(Cl)cn2)C1. The smallest absolute Gasteiger partial charge is 0.316 e. The van der Waals surface area contributed by atoms with Crippen molar-refractivity contribution in [1.29, 1.82) is 0 Å². The average Bonchev–Trinajstić information content (AvgIpc) is 2.99. The van der Waals surface area contributed by atoms with Gasteiger partial charge in [0.25, 0.3) is 0 Å². The fraction of sp³-hybridized carbons (Fsp3) is 0.286. The minimum atomic E-state index is -3.52. The van der Waals surface area contributed by atoms with E-state index in [1.165, 1.54) is 16.7 Å². The topological polar surface area (TPSA) is 72.4 Å². The molecule has 1 fully saturated rings. The highest BCUT2D eigenvalue weighted by molar-refractivity contribution is 9.10. The van der Waals surface area contributed by atoms with E-state index in [1.54, 1.807) is 24.3 Å². The highest BCUT2D eigenvalue weighted by Crippen LogP contribution is 2.24. The minimum Gasteiger partial charge on any atom is -0.459 e.